The van der Waals surface area contributed by atoms with E-state index in [-0.39, 0.29) is 0 Å². The Labute approximate surface area is 128 Å². The Bertz CT molecular complexity index is 579. The van der Waals surface area contributed by atoms with Gasteiger partial charge in [-0.15, -0.1) is 0 Å². The topological polar surface area (TPSA) is 24.9 Å². The summed E-state index contributed by atoms with van der Waals surface area (Å²) >= 11 is 0. The highest BCUT2D eigenvalue weighted by Crippen LogP contribution is 2.38. The van der Waals surface area contributed by atoms with Crippen LogP contribution < -0.4 is 5.32 Å². The summed E-state index contributed by atoms with van der Waals surface area (Å²) in [5, 5.41) is 4.87. The molecular formula is C19H26N2. The average Bonchev–Trinajstić information content (AvgIpc) is 2.55. The zero-order valence-electron chi connectivity index (χ0n) is 13.0. The Morgan fingerprint density at radius 2 is 2.10 bits per heavy atom. The van der Waals surface area contributed by atoms with Crippen molar-refractivity contribution >= 4 is 10.9 Å². The maximum Gasteiger partial charge on any atom is 0.0704 e. The molecule has 1 aliphatic carbocycles. The fourth-order valence-corrected chi connectivity index (χ4v) is 3.67. The molecule has 2 aromatic rings. The van der Waals surface area contributed by atoms with Crippen LogP contribution in [0.1, 0.15) is 50.5 Å². The first-order valence-electron chi connectivity index (χ1n) is 8.44. The van der Waals surface area contributed by atoms with Crippen LogP contribution in [0.5, 0.6) is 0 Å². The van der Waals surface area contributed by atoms with Crippen molar-refractivity contribution in [2.75, 3.05) is 13.1 Å². The van der Waals surface area contributed by atoms with Gasteiger partial charge in [-0.3, -0.25) is 4.98 Å². The van der Waals surface area contributed by atoms with E-state index < -0.39 is 0 Å². The fraction of sp³-hybridized carbons (Fsp3) is 0.526. The van der Waals surface area contributed by atoms with E-state index in [9.17, 15) is 0 Å². The van der Waals surface area contributed by atoms with E-state index in [0.717, 1.165) is 18.0 Å². The minimum absolute atomic E-state index is 0.703. The van der Waals surface area contributed by atoms with Gasteiger partial charge in [-0.05, 0) is 61.9 Å². The molecule has 0 radical (unpaired) electrons. The van der Waals surface area contributed by atoms with Gasteiger partial charge in [-0.1, -0.05) is 38.0 Å². The molecule has 0 bridgehead atoms. The van der Waals surface area contributed by atoms with E-state index in [4.69, 9.17) is 0 Å². The SMILES string of the molecule is CCCNCC1CCCCC1c1ccc2cccnc2c1. The molecule has 1 N–H and O–H groups in total. The van der Waals surface area contributed by atoms with Gasteiger partial charge in [0.2, 0.25) is 0 Å². The van der Waals surface area contributed by atoms with Crippen molar-refractivity contribution < 1.29 is 0 Å². The van der Waals surface area contributed by atoms with Crippen LogP contribution in [-0.2, 0) is 0 Å². The van der Waals surface area contributed by atoms with E-state index in [1.165, 1.54) is 49.6 Å². The molecule has 1 fully saturated rings. The van der Waals surface area contributed by atoms with Crippen LogP contribution in [-0.4, -0.2) is 18.1 Å². The molecule has 2 heteroatoms. The minimum Gasteiger partial charge on any atom is -0.316 e. The first kappa shape index (κ1) is 14.5. The third-order valence-electron chi connectivity index (χ3n) is 4.80. The van der Waals surface area contributed by atoms with Crippen molar-refractivity contribution in [1.82, 2.24) is 10.3 Å². The first-order chi connectivity index (χ1) is 10.4. The van der Waals surface area contributed by atoms with Gasteiger partial charge < -0.3 is 5.32 Å². The number of benzene rings is 1. The van der Waals surface area contributed by atoms with Crippen molar-refractivity contribution in [3.63, 3.8) is 0 Å². The average molecular weight is 282 g/mol. The van der Waals surface area contributed by atoms with Crippen LogP contribution in [0.4, 0.5) is 0 Å². The molecule has 1 heterocycles. The summed E-state index contributed by atoms with van der Waals surface area (Å²) in [6.07, 6.45) is 8.57. The Balaban J connectivity index is 1.80. The molecule has 2 nitrogen and oxygen atoms in total. The Morgan fingerprint density at radius 3 is 3.00 bits per heavy atom. The molecule has 112 valence electrons. The number of hydrogen-bond acceptors (Lipinski definition) is 2. The summed E-state index contributed by atoms with van der Waals surface area (Å²) in [5.74, 6) is 1.49. The maximum absolute atomic E-state index is 4.52. The quantitative estimate of drug-likeness (QED) is 0.816. The van der Waals surface area contributed by atoms with E-state index in [1.54, 1.807) is 0 Å². The molecule has 0 amide bonds. The van der Waals surface area contributed by atoms with Gasteiger partial charge in [0.15, 0.2) is 0 Å². The predicted molar refractivity (Wildman–Crippen MR) is 89.6 cm³/mol. The van der Waals surface area contributed by atoms with Crippen LogP contribution in [0.2, 0.25) is 0 Å². The highest BCUT2D eigenvalue weighted by atomic mass is 14.9. The van der Waals surface area contributed by atoms with Crippen molar-refractivity contribution in [3.05, 3.63) is 42.1 Å². The monoisotopic (exact) mass is 282 g/mol. The summed E-state index contributed by atoms with van der Waals surface area (Å²) in [6.45, 7) is 4.54. The van der Waals surface area contributed by atoms with E-state index in [2.05, 4.69) is 41.5 Å². The summed E-state index contributed by atoms with van der Waals surface area (Å²) in [4.78, 5) is 4.52. The number of nitrogens with one attached hydrogen (secondary N) is 1. The molecule has 1 aromatic heterocycles. The molecular weight excluding hydrogens is 256 g/mol. The predicted octanol–water partition coefficient (Wildman–Crippen LogP) is 4.51. The summed E-state index contributed by atoms with van der Waals surface area (Å²) in [6, 6.07) is 11.0. The summed E-state index contributed by atoms with van der Waals surface area (Å²) in [5.41, 5.74) is 2.63. The van der Waals surface area contributed by atoms with Crippen LogP contribution in [0.15, 0.2) is 36.5 Å². The number of rotatable bonds is 5. The van der Waals surface area contributed by atoms with Gasteiger partial charge in [0, 0.05) is 11.6 Å². The summed E-state index contributed by atoms with van der Waals surface area (Å²) in [7, 11) is 0. The molecule has 0 aliphatic heterocycles. The number of fused-ring (bicyclic) bond motifs is 1. The smallest absolute Gasteiger partial charge is 0.0704 e. The van der Waals surface area contributed by atoms with E-state index >= 15 is 0 Å². The molecule has 0 saturated heterocycles. The lowest BCUT2D eigenvalue weighted by Crippen LogP contribution is -2.30. The molecule has 1 aliphatic rings. The van der Waals surface area contributed by atoms with Crippen molar-refractivity contribution in [3.8, 4) is 0 Å². The first-order valence-corrected chi connectivity index (χ1v) is 8.44. The standard InChI is InChI=1S/C19H26N2/c1-2-11-20-14-17-6-3-4-8-18(17)16-10-9-15-7-5-12-21-19(15)13-16/h5,7,9-10,12-13,17-18,20H,2-4,6,8,11,14H2,1H3. The van der Waals surface area contributed by atoms with Crippen LogP contribution >= 0.6 is 0 Å². The summed E-state index contributed by atoms with van der Waals surface area (Å²) < 4.78 is 0. The van der Waals surface area contributed by atoms with Gasteiger partial charge in [0.05, 0.1) is 5.52 Å². The molecule has 0 spiro atoms. The third kappa shape index (κ3) is 3.44. The molecule has 2 atom stereocenters. The fourth-order valence-electron chi connectivity index (χ4n) is 3.67. The second kappa shape index (κ2) is 7.04. The Hall–Kier alpha value is -1.41. The molecule has 1 aromatic carbocycles. The van der Waals surface area contributed by atoms with Crippen LogP contribution in [0, 0.1) is 5.92 Å². The number of hydrogen-bond donors (Lipinski definition) is 1. The van der Waals surface area contributed by atoms with E-state index in [1.807, 2.05) is 12.3 Å². The zero-order chi connectivity index (χ0) is 14.5. The largest absolute Gasteiger partial charge is 0.316 e. The molecule has 2 unspecified atom stereocenters. The van der Waals surface area contributed by atoms with Crippen LogP contribution in [0.3, 0.4) is 0 Å². The lowest BCUT2D eigenvalue weighted by molar-refractivity contribution is 0.296. The van der Waals surface area contributed by atoms with Gasteiger partial charge in [0.25, 0.3) is 0 Å². The highest BCUT2D eigenvalue weighted by Gasteiger charge is 2.26. The second-order valence-electron chi connectivity index (χ2n) is 6.31. The third-order valence-corrected chi connectivity index (χ3v) is 4.80. The number of nitrogens with zero attached hydrogens (tertiary/aromatic N) is 1. The second-order valence-corrected chi connectivity index (χ2v) is 6.31. The number of aromatic nitrogens is 1. The van der Waals surface area contributed by atoms with Crippen molar-refractivity contribution in [2.24, 2.45) is 5.92 Å². The number of pyridine rings is 1. The highest BCUT2D eigenvalue weighted by molar-refractivity contribution is 5.79. The zero-order valence-corrected chi connectivity index (χ0v) is 13.0. The van der Waals surface area contributed by atoms with Crippen molar-refractivity contribution in [2.45, 2.75) is 44.9 Å². The lowest BCUT2D eigenvalue weighted by atomic mass is 9.75. The molecule has 1 saturated carbocycles. The normalized spacial score (nSPS) is 22.5. The van der Waals surface area contributed by atoms with Gasteiger partial charge in [-0.2, -0.15) is 0 Å². The lowest BCUT2D eigenvalue weighted by Gasteiger charge is -2.32. The Morgan fingerprint density at radius 1 is 1.19 bits per heavy atom. The van der Waals surface area contributed by atoms with Crippen molar-refractivity contribution in [1.29, 1.82) is 0 Å². The van der Waals surface area contributed by atoms with Gasteiger partial charge in [0.1, 0.15) is 0 Å². The Kier molecular flexibility index (Phi) is 4.87. The van der Waals surface area contributed by atoms with E-state index in [0.29, 0.717) is 5.92 Å². The van der Waals surface area contributed by atoms with Gasteiger partial charge in [-0.25, -0.2) is 0 Å². The van der Waals surface area contributed by atoms with Crippen LogP contribution in [0.25, 0.3) is 10.9 Å². The van der Waals surface area contributed by atoms with Gasteiger partial charge >= 0.3 is 0 Å². The molecule has 3 rings (SSSR count). The minimum atomic E-state index is 0.703. The molecule has 21 heavy (non-hydrogen) atoms. The maximum atomic E-state index is 4.52.